The van der Waals surface area contributed by atoms with Crippen molar-refractivity contribution in [2.45, 2.75) is 38.0 Å². The molecule has 0 spiro atoms. The van der Waals surface area contributed by atoms with Gasteiger partial charge in [0.15, 0.2) is 5.41 Å². The van der Waals surface area contributed by atoms with Crippen molar-refractivity contribution >= 4 is 18.4 Å². The van der Waals surface area contributed by atoms with Crippen LogP contribution in [0.2, 0.25) is 0 Å². The summed E-state index contributed by atoms with van der Waals surface area (Å²) in [5.41, 5.74) is -3.66. The second-order valence-corrected chi connectivity index (χ2v) is 4.95. The maximum absolute atomic E-state index is 12.8. The lowest BCUT2D eigenvalue weighted by Crippen LogP contribution is -2.51. The molecular formula is C11H16ClF6NO2. The summed E-state index contributed by atoms with van der Waals surface area (Å²) < 4.78 is 76.5. The third-order valence-electron chi connectivity index (χ3n) is 3.55. The van der Waals surface area contributed by atoms with Gasteiger partial charge >= 0.3 is 18.3 Å². The lowest BCUT2D eigenvalue weighted by Gasteiger charge is -2.33. The topological polar surface area (TPSA) is 40.5 Å². The third-order valence-corrected chi connectivity index (χ3v) is 3.55. The summed E-state index contributed by atoms with van der Waals surface area (Å²) in [4.78, 5) is 11.4. The zero-order chi connectivity index (χ0) is 15.6. The molecule has 0 radical (unpaired) electrons. The minimum atomic E-state index is -5.33. The normalized spacial score (nSPS) is 19.3. The molecule has 0 aromatic carbocycles. The van der Waals surface area contributed by atoms with Crippen LogP contribution in [-0.2, 0) is 4.79 Å². The minimum absolute atomic E-state index is 0. The Balaban J connectivity index is 0.00000400. The van der Waals surface area contributed by atoms with Gasteiger partial charge in [-0.2, -0.15) is 26.3 Å². The van der Waals surface area contributed by atoms with Crippen LogP contribution in [0.15, 0.2) is 0 Å². The molecule has 1 aliphatic heterocycles. The van der Waals surface area contributed by atoms with Crippen LogP contribution in [0.4, 0.5) is 26.3 Å². The number of hydrogen-bond donors (Lipinski definition) is 1. The number of unbranched alkanes of at least 4 members (excludes halogenated alkanes) is 1. The standard InChI is InChI=1S/C11H15F6NO2.ClH/c12-10(13,14)9(11(15,16)17)4-6-18(7-9)5-2-1-3-8(19)20;/h1-7H2,(H,19,20);1H. The fourth-order valence-corrected chi connectivity index (χ4v) is 2.31. The van der Waals surface area contributed by atoms with Crippen molar-refractivity contribution in [3.8, 4) is 0 Å². The molecule has 0 amide bonds. The first-order valence-corrected chi connectivity index (χ1v) is 6.07. The van der Waals surface area contributed by atoms with E-state index in [1.54, 1.807) is 0 Å². The number of carboxylic acid groups (broad SMARTS) is 1. The number of rotatable bonds is 5. The van der Waals surface area contributed by atoms with Gasteiger partial charge in [-0.05, 0) is 32.4 Å². The van der Waals surface area contributed by atoms with Gasteiger partial charge in [-0.1, -0.05) is 0 Å². The summed E-state index contributed by atoms with van der Waals surface area (Å²) in [5, 5.41) is 8.39. The molecule has 1 N–H and O–H groups in total. The molecule has 0 aromatic rings. The van der Waals surface area contributed by atoms with Crippen molar-refractivity contribution in [3.63, 3.8) is 0 Å². The molecule has 10 heteroatoms. The summed E-state index contributed by atoms with van der Waals surface area (Å²) in [5.74, 6) is -1.04. The van der Waals surface area contributed by atoms with E-state index >= 15 is 0 Å². The highest BCUT2D eigenvalue weighted by molar-refractivity contribution is 5.85. The van der Waals surface area contributed by atoms with Crippen molar-refractivity contribution in [3.05, 3.63) is 0 Å². The number of nitrogens with zero attached hydrogens (tertiary/aromatic N) is 1. The molecule has 21 heavy (non-hydrogen) atoms. The lowest BCUT2D eigenvalue weighted by atomic mass is 9.85. The van der Waals surface area contributed by atoms with Crippen molar-refractivity contribution in [1.82, 2.24) is 4.90 Å². The van der Waals surface area contributed by atoms with Crippen molar-refractivity contribution in [2.24, 2.45) is 5.41 Å². The number of carboxylic acids is 1. The average molecular weight is 344 g/mol. The van der Waals surface area contributed by atoms with Crippen LogP contribution in [0.5, 0.6) is 0 Å². The molecule has 1 aliphatic rings. The van der Waals surface area contributed by atoms with Crippen LogP contribution in [0.25, 0.3) is 0 Å². The molecule has 1 fully saturated rings. The number of aliphatic carboxylic acids is 1. The van der Waals surface area contributed by atoms with E-state index in [9.17, 15) is 31.1 Å². The Kier molecular flexibility index (Phi) is 6.81. The largest absolute Gasteiger partial charge is 0.481 e. The zero-order valence-corrected chi connectivity index (χ0v) is 11.7. The maximum Gasteiger partial charge on any atom is 0.404 e. The van der Waals surface area contributed by atoms with Crippen LogP contribution < -0.4 is 0 Å². The first kappa shape index (κ1) is 20.3. The van der Waals surface area contributed by atoms with Gasteiger partial charge in [-0.25, -0.2) is 0 Å². The van der Waals surface area contributed by atoms with Crippen LogP contribution >= 0.6 is 12.4 Å². The molecule has 1 saturated heterocycles. The highest BCUT2D eigenvalue weighted by atomic mass is 35.5. The van der Waals surface area contributed by atoms with E-state index in [-0.39, 0.29) is 44.8 Å². The van der Waals surface area contributed by atoms with Crippen LogP contribution in [-0.4, -0.2) is 48.0 Å². The number of hydrogen-bond acceptors (Lipinski definition) is 2. The van der Waals surface area contributed by atoms with Gasteiger partial charge in [-0.15, -0.1) is 12.4 Å². The van der Waals surface area contributed by atoms with Gasteiger partial charge < -0.3 is 10.0 Å². The van der Waals surface area contributed by atoms with Crippen LogP contribution in [0, 0.1) is 5.41 Å². The SMILES string of the molecule is Cl.O=C(O)CCCCN1CCC(C(F)(F)F)(C(F)(F)F)C1. The fourth-order valence-electron chi connectivity index (χ4n) is 2.31. The van der Waals surface area contributed by atoms with E-state index < -0.39 is 36.7 Å². The maximum atomic E-state index is 12.8. The van der Waals surface area contributed by atoms with Gasteiger partial charge in [0.25, 0.3) is 0 Å². The molecular weight excluding hydrogens is 328 g/mol. The highest BCUT2D eigenvalue weighted by Crippen LogP contribution is 2.55. The Morgan fingerprint density at radius 3 is 2.00 bits per heavy atom. The molecule has 0 aromatic heterocycles. The monoisotopic (exact) mass is 343 g/mol. The van der Waals surface area contributed by atoms with Crippen LogP contribution in [0.3, 0.4) is 0 Å². The minimum Gasteiger partial charge on any atom is -0.481 e. The summed E-state index contributed by atoms with van der Waals surface area (Å²) >= 11 is 0. The number of likely N-dealkylation sites (tertiary alicyclic amines) is 1. The Morgan fingerprint density at radius 1 is 1.10 bits per heavy atom. The van der Waals surface area contributed by atoms with Crippen LogP contribution in [0.1, 0.15) is 25.7 Å². The predicted octanol–water partition coefficient (Wildman–Crippen LogP) is 3.48. The van der Waals surface area contributed by atoms with Gasteiger partial charge in [0, 0.05) is 13.0 Å². The molecule has 3 nitrogen and oxygen atoms in total. The first-order valence-electron chi connectivity index (χ1n) is 6.07. The highest BCUT2D eigenvalue weighted by Gasteiger charge is 2.72. The molecule has 0 unspecified atom stereocenters. The number of alkyl halides is 6. The van der Waals surface area contributed by atoms with E-state index in [0.717, 1.165) is 4.90 Å². The summed E-state index contributed by atoms with van der Waals surface area (Å²) in [6.45, 7) is -1.35. The summed E-state index contributed by atoms with van der Waals surface area (Å²) in [6.07, 6.45) is -11.3. The lowest BCUT2D eigenvalue weighted by molar-refractivity contribution is -0.335. The molecule has 0 bridgehead atoms. The second kappa shape index (κ2) is 7.04. The first-order chi connectivity index (χ1) is 8.99. The molecule has 1 heterocycles. The van der Waals surface area contributed by atoms with Crippen molar-refractivity contribution < 1.29 is 36.2 Å². The van der Waals surface area contributed by atoms with E-state index in [1.165, 1.54) is 0 Å². The molecule has 1 rings (SSSR count). The Bertz CT molecular complexity index is 344. The van der Waals surface area contributed by atoms with E-state index in [1.807, 2.05) is 0 Å². The third kappa shape index (κ3) is 4.64. The van der Waals surface area contributed by atoms with Gasteiger partial charge in [0.2, 0.25) is 0 Å². The fraction of sp³-hybridized carbons (Fsp3) is 0.909. The second-order valence-electron chi connectivity index (χ2n) is 4.95. The van der Waals surface area contributed by atoms with Gasteiger partial charge in [-0.3, -0.25) is 4.79 Å². The molecule has 0 atom stereocenters. The van der Waals surface area contributed by atoms with Gasteiger partial charge in [0.1, 0.15) is 0 Å². The Morgan fingerprint density at radius 2 is 1.62 bits per heavy atom. The van der Waals surface area contributed by atoms with Gasteiger partial charge in [0.05, 0.1) is 0 Å². The quantitative estimate of drug-likeness (QED) is 0.614. The number of carbonyl (C=O) groups is 1. The van der Waals surface area contributed by atoms with Crippen molar-refractivity contribution in [1.29, 1.82) is 0 Å². The zero-order valence-electron chi connectivity index (χ0n) is 10.9. The Hall–Kier alpha value is -0.700. The van der Waals surface area contributed by atoms with E-state index in [2.05, 4.69) is 0 Å². The average Bonchev–Trinajstić information content (AvgIpc) is 2.68. The smallest absolute Gasteiger partial charge is 0.404 e. The summed E-state index contributed by atoms with van der Waals surface area (Å²) in [6, 6.07) is 0. The number of halogens is 7. The predicted molar refractivity (Wildman–Crippen MR) is 64.3 cm³/mol. The molecule has 0 aliphatic carbocycles. The molecule has 0 saturated carbocycles. The van der Waals surface area contributed by atoms with E-state index in [0.29, 0.717) is 0 Å². The summed E-state index contributed by atoms with van der Waals surface area (Å²) in [7, 11) is 0. The van der Waals surface area contributed by atoms with Crippen molar-refractivity contribution in [2.75, 3.05) is 19.6 Å². The molecule has 126 valence electrons. The van der Waals surface area contributed by atoms with E-state index in [4.69, 9.17) is 5.11 Å². The Labute approximate surface area is 123 Å².